The highest BCUT2D eigenvalue weighted by atomic mass is 16.6. The van der Waals surface area contributed by atoms with Gasteiger partial charge in [0.25, 0.3) is 0 Å². The number of carbonyl (C=O) groups is 1. The number of rotatable bonds is 15. The van der Waals surface area contributed by atoms with Crippen LogP contribution in [0.4, 0.5) is 0 Å². The van der Waals surface area contributed by atoms with Crippen LogP contribution in [0.3, 0.4) is 0 Å². The van der Waals surface area contributed by atoms with E-state index < -0.39 is 37.3 Å². The molecule has 0 bridgehead atoms. The number of hydrogen-bond acceptors (Lipinski definition) is 6. The first-order valence-corrected chi connectivity index (χ1v) is 11.9. The summed E-state index contributed by atoms with van der Waals surface area (Å²) in [6.07, 6.45) is 22.3. The first kappa shape index (κ1) is 29.0. The van der Waals surface area contributed by atoms with Gasteiger partial charge in [0, 0.05) is 6.42 Å². The summed E-state index contributed by atoms with van der Waals surface area (Å²) in [6.45, 7) is 1.59. The average Bonchev–Trinajstić information content (AvgIpc) is 2.81. The molecule has 7 heteroatoms. The van der Waals surface area contributed by atoms with Gasteiger partial charge in [-0.05, 0) is 44.9 Å². The number of hydrogen-bond donors (Lipinski definition) is 5. The predicted octanol–water partition coefficient (Wildman–Crippen LogP) is 2.82. The van der Waals surface area contributed by atoms with Gasteiger partial charge in [0.15, 0.2) is 6.29 Å². The topological polar surface area (TPSA) is 119 Å². The molecule has 0 spiro atoms. The average molecular weight is 464 g/mol. The summed E-state index contributed by atoms with van der Waals surface area (Å²) in [5.74, 6) is -0.344. The normalized spacial score (nSPS) is 26.5. The van der Waals surface area contributed by atoms with Gasteiger partial charge in [-0.1, -0.05) is 67.7 Å². The molecule has 5 N–H and O–H groups in total. The summed E-state index contributed by atoms with van der Waals surface area (Å²) in [5.41, 5.74) is 0. The van der Waals surface area contributed by atoms with Crippen LogP contribution in [0.15, 0.2) is 60.8 Å². The Hall–Kier alpha value is -2.03. The number of amides is 1. The maximum absolute atomic E-state index is 12.1. The van der Waals surface area contributed by atoms with Crippen molar-refractivity contribution in [3.8, 4) is 0 Å². The molecule has 1 fully saturated rings. The van der Waals surface area contributed by atoms with E-state index in [2.05, 4.69) is 66.9 Å². The Morgan fingerprint density at radius 1 is 0.818 bits per heavy atom. The molecule has 7 nitrogen and oxygen atoms in total. The van der Waals surface area contributed by atoms with E-state index in [1.165, 1.54) is 0 Å². The van der Waals surface area contributed by atoms with Crippen LogP contribution in [0, 0.1) is 0 Å². The Kier molecular flexibility index (Phi) is 16.2. The van der Waals surface area contributed by atoms with Gasteiger partial charge in [-0.25, -0.2) is 0 Å². The molecule has 0 aromatic heterocycles. The van der Waals surface area contributed by atoms with Crippen LogP contribution in [-0.2, 0) is 9.53 Å². The van der Waals surface area contributed by atoms with Gasteiger partial charge >= 0.3 is 0 Å². The SMILES string of the molecule is CC/C=C\C/C=C\C/C=C\C/C=C\C/C=C\CCCC(=O)N[C@H]1C(O)[C@H](O)C(CO)O[C@H]1O. The molecule has 186 valence electrons. The van der Waals surface area contributed by atoms with E-state index in [0.29, 0.717) is 6.42 Å². The Labute approximate surface area is 197 Å². The fraction of sp³-hybridized carbons (Fsp3) is 0.577. The van der Waals surface area contributed by atoms with Crippen molar-refractivity contribution >= 4 is 5.91 Å². The molecule has 0 aromatic rings. The second-order valence-electron chi connectivity index (χ2n) is 7.92. The third kappa shape index (κ3) is 12.7. The summed E-state index contributed by atoms with van der Waals surface area (Å²) in [6, 6.07) is -1.14. The van der Waals surface area contributed by atoms with E-state index >= 15 is 0 Å². The zero-order chi connectivity index (χ0) is 24.3. The molecule has 0 radical (unpaired) electrons. The van der Waals surface area contributed by atoms with Crippen LogP contribution in [-0.4, -0.2) is 63.6 Å². The van der Waals surface area contributed by atoms with Crippen LogP contribution in [0.2, 0.25) is 0 Å². The lowest BCUT2D eigenvalue weighted by Crippen LogP contribution is -2.64. The van der Waals surface area contributed by atoms with Crippen molar-refractivity contribution in [2.45, 2.75) is 88.9 Å². The quantitative estimate of drug-likeness (QED) is 0.188. The van der Waals surface area contributed by atoms with Gasteiger partial charge in [-0.3, -0.25) is 4.79 Å². The standard InChI is InChI=1S/C26H41NO6/c1-2-3-4-5-6-7-8-9-10-11-12-13-14-15-16-17-18-19-22(29)27-23-25(31)24(30)21(20-28)33-26(23)32/h3-4,6-7,9-10,12-13,15-16,21,23-26,28,30-32H,2,5,8,11,14,17-20H2,1H3,(H,27,29)/b4-3-,7-6-,10-9-,13-12-,16-15-/t21?,23-,24+,25?,26+/m0/s1. The molecule has 1 aliphatic rings. The molecule has 0 aliphatic carbocycles. The summed E-state index contributed by atoms with van der Waals surface area (Å²) in [4.78, 5) is 12.1. The lowest BCUT2D eigenvalue weighted by atomic mass is 9.97. The van der Waals surface area contributed by atoms with E-state index in [1.807, 2.05) is 6.08 Å². The largest absolute Gasteiger partial charge is 0.394 e. The van der Waals surface area contributed by atoms with Gasteiger partial charge in [0.05, 0.1) is 6.61 Å². The number of allylic oxidation sites excluding steroid dienone is 10. The van der Waals surface area contributed by atoms with Crippen LogP contribution in [0.1, 0.15) is 58.3 Å². The minimum absolute atomic E-state index is 0.226. The van der Waals surface area contributed by atoms with Gasteiger partial charge in [0.2, 0.25) is 5.91 Å². The lowest BCUT2D eigenvalue weighted by Gasteiger charge is -2.40. The van der Waals surface area contributed by atoms with E-state index in [0.717, 1.165) is 38.5 Å². The summed E-state index contributed by atoms with van der Waals surface area (Å²) >= 11 is 0. The number of aliphatic hydroxyl groups is 4. The molecule has 0 saturated carbocycles. The summed E-state index contributed by atoms with van der Waals surface area (Å²) in [7, 11) is 0. The van der Waals surface area contributed by atoms with Crippen molar-refractivity contribution in [2.75, 3.05) is 6.61 Å². The first-order valence-electron chi connectivity index (χ1n) is 11.9. The third-order valence-electron chi connectivity index (χ3n) is 5.16. The zero-order valence-corrected chi connectivity index (χ0v) is 19.6. The highest BCUT2D eigenvalue weighted by Gasteiger charge is 2.44. The third-order valence-corrected chi connectivity index (χ3v) is 5.16. The number of nitrogens with one attached hydrogen (secondary N) is 1. The van der Waals surface area contributed by atoms with Crippen LogP contribution < -0.4 is 5.32 Å². The Balaban J connectivity index is 2.10. The molecule has 1 amide bonds. The van der Waals surface area contributed by atoms with Crippen LogP contribution in [0.25, 0.3) is 0 Å². The van der Waals surface area contributed by atoms with Crippen molar-refractivity contribution in [3.05, 3.63) is 60.8 Å². The number of unbranched alkanes of at least 4 members (excludes halogenated alkanes) is 1. The molecule has 33 heavy (non-hydrogen) atoms. The maximum atomic E-state index is 12.1. The minimum atomic E-state index is -1.49. The Bertz CT molecular complexity index is 670. The van der Waals surface area contributed by atoms with E-state index in [4.69, 9.17) is 9.84 Å². The fourth-order valence-corrected chi connectivity index (χ4v) is 3.26. The van der Waals surface area contributed by atoms with Gasteiger partial charge in [0.1, 0.15) is 24.4 Å². The Morgan fingerprint density at radius 2 is 1.33 bits per heavy atom. The fourth-order valence-electron chi connectivity index (χ4n) is 3.26. The molecule has 2 unspecified atom stereocenters. The van der Waals surface area contributed by atoms with Crippen LogP contribution in [0.5, 0.6) is 0 Å². The molecule has 0 aromatic carbocycles. The van der Waals surface area contributed by atoms with Crippen molar-refractivity contribution in [3.63, 3.8) is 0 Å². The number of aliphatic hydroxyl groups excluding tert-OH is 4. The van der Waals surface area contributed by atoms with Crippen molar-refractivity contribution in [2.24, 2.45) is 0 Å². The van der Waals surface area contributed by atoms with E-state index in [9.17, 15) is 20.1 Å². The van der Waals surface area contributed by atoms with Crippen molar-refractivity contribution in [1.82, 2.24) is 5.32 Å². The summed E-state index contributed by atoms with van der Waals surface area (Å²) < 4.78 is 5.02. The number of ether oxygens (including phenoxy) is 1. The van der Waals surface area contributed by atoms with Crippen LogP contribution >= 0.6 is 0 Å². The summed E-state index contributed by atoms with van der Waals surface area (Å²) in [5, 5.41) is 41.3. The van der Waals surface area contributed by atoms with Gasteiger partial charge < -0.3 is 30.5 Å². The smallest absolute Gasteiger partial charge is 0.220 e. The highest BCUT2D eigenvalue weighted by Crippen LogP contribution is 2.20. The molecule has 5 atom stereocenters. The second-order valence-corrected chi connectivity index (χ2v) is 7.92. The maximum Gasteiger partial charge on any atom is 0.220 e. The molecule has 1 saturated heterocycles. The lowest BCUT2D eigenvalue weighted by molar-refractivity contribution is -0.253. The first-order chi connectivity index (χ1) is 16.0. The molecular formula is C26H41NO6. The predicted molar refractivity (Wildman–Crippen MR) is 130 cm³/mol. The monoisotopic (exact) mass is 463 g/mol. The molecule has 1 heterocycles. The Morgan fingerprint density at radius 3 is 1.85 bits per heavy atom. The van der Waals surface area contributed by atoms with Crippen molar-refractivity contribution < 1.29 is 30.0 Å². The molecule has 1 aliphatic heterocycles. The number of carbonyl (C=O) groups excluding carboxylic acids is 1. The molecular weight excluding hydrogens is 422 g/mol. The van der Waals surface area contributed by atoms with Gasteiger partial charge in [-0.2, -0.15) is 0 Å². The second kappa shape index (κ2) is 18.4. The highest BCUT2D eigenvalue weighted by molar-refractivity contribution is 5.76. The van der Waals surface area contributed by atoms with E-state index in [1.54, 1.807) is 0 Å². The van der Waals surface area contributed by atoms with Crippen molar-refractivity contribution in [1.29, 1.82) is 0 Å². The minimum Gasteiger partial charge on any atom is -0.394 e. The zero-order valence-electron chi connectivity index (χ0n) is 19.6. The van der Waals surface area contributed by atoms with Gasteiger partial charge in [-0.15, -0.1) is 0 Å². The van der Waals surface area contributed by atoms with E-state index in [-0.39, 0.29) is 12.3 Å². The molecule has 1 rings (SSSR count).